The van der Waals surface area contributed by atoms with Gasteiger partial charge in [-0.1, -0.05) is 11.8 Å². The number of hydrogen-bond donors (Lipinski definition) is 2. The molecule has 0 saturated carbocycles. The number of fused-ring (bicyclic) bond motifs is 1. The summed E-state index contributed by atoms with van der Waals surface area (Å²) in [7, 11) is 0. The fourth-order valence-electron chi connectivity index (χ4n) is 2.69. The summed E-state index contributed by atoms with van der Waals surface area (Å²) >= 11 is 1.09. The molecule has 1 aliphatic carbocycles. The van der Waals surface area contributed by atoms with Gasteiger partial charge in [0.05, 0.1) is 17.7 Å². The number of carbonyl (C=O) groups is 1. The molecule has 0 fully saturated rings. The standard InChI is InChI=1S/C14H15F3N4OS.C2HF3O2/c1-2-21-7-18-11(14(15,16)17)10(21)6-23-13-19-9-5-3-4-8(9)12(22)20-13;3-2(4,5)1(6)7/h7H,2-6H2,1H3,(H,19,20,22);(H,6,7). The van der Waals surface area contributed by atoms with E-state index in [-0.39, 0.29) is 17.0 Å². The smallest absolute Gasteiger partial charge is 0.475 e. The van der Waals surface area contributed by atoms with E-state index in [1.165, 1.54) is 10.9 Å². The molecule has 7 nitrogen and oxygen atoms in total. The summed E-state index contributed by atoms with van der Waals surface area (Å²) in [4.78, 5) is 31.3. The number of hydrogen-bond acceptors (Lipinski definition) is 5. The second-order valence-corrected chi connectivity index (χ2v) is 7.03. The lowest BCUT2D eigenvalue weighted by Gasteiger charge is -2.10. The number of aliphatic carboxylic acids is 1. The number of alkyl halides is 6. The van der Waals surface area contributed by atoms with Crippen LogP contribution in [0.2, 0.25) is 0 Å². The molecule has 0 atom stereocenters. The summed E-state index contributed by atoms with van der Waals surface area (Å²) in [5.74, 6) is -2.71. The number of aromatic amines is 1. The molecule has 2 heterocycles. The van der Waals surface area contributed by atoms with Crippen LogP contribution in [-0.2, 0) is 36.1 Å². The van der Waals surface area contributed by atoms with Crippen LogP contribution in [0, 0.1) is 0 Å². The minimum Gasteiger partial charge on any atom is -0.475 e. The van der Waals surface area contributed by atoms with Gasteiger partial charge in [0.2, 0.25) is 0 Å². The second kappa shape index (κ2) is 9.10. The number of carboxylic acids is 1. The van der Waals surface area contributed by atoms with Crippen LogP contribution in [0.1, 0.15) is 36.0 Å². The number of nitrogens with zero attached hydrogens (tertiary/aromatic N) is 3. The SMILES string of the molecule is CCn1cnc(C(F)(F)F)c1CSc1nc2c(c(=O)[nH]1)CCC2.O=C(O)C(F)(F)F. The van der Waals surface area contributed by atoms with E-state index in [9.17, 15) is 31.1 Å². The zero-order valence-corrected chi connectivity index (χ0v) is 16.2. The highest BCUT2D eigenvalue weighted by Gasteiger charge is 2.38. The summed E-state index contributed by atoms with van der Waals surface area (Å²) in [6.07, 6.45) is -6.04. The summed E-state index contributed by atoms with van der Waals surface area (Å²) in [6, 6.07) is 0. The topological polar surface area (TPSA) is 101 Å². The van der Waals surface area contributed by atoms with Gasteiger partial charge < -0.3 is 14.7 Å². The molecule has 0 amide bonds. The lowest BCUT2D eigenvalue weighted by Crippen LogP contribution is -2.21. The van der Waals surface area contributed by atoms with Crippen LogP contribution in [0.4, 0.5) is 26.3 Å². The monoisotopic (exact) mass is 458 g/mol. The van der Waals surface area contributed by atoms with E-state index in [2.05, 4.69) is 15.0 Å². The van der Waals surface area contributed by atoms with Crippen LogP contribution in [-0.4, -0.2) is 36.8 Å². The molecule has 0 aliphatic heterocycles. The van der Waals surface area contributed by atoms with Crippen LogP contribution in [0.5, 0.6) is 0 Å². The molecule has 0 radical (unpaired) electrons. The first-order chi connectivity index (χ1) is 13.8. The first-order valence-electron chi connectivity index (χ1n) is 8.50. The van der Waals surface area contributed by atoms with Gasteiger partial charge in [-0.15, -0.1) is 0 Å². The predicted octanol–water partition coefficient (Wildman–Crippen LogP) is 3.42. The number of nitrogens with one attached hydrogen (secondary N) is 1. The molecular weight excluding hydrogens is 442 g/mol. The molecule has 0 unspecified atom stereocenters. The first kappa shape index (κ1) is 23.8. The molecule has 0 bridgehead atoms. The average molecular weight is 458 g/mol. The van der Waals surface area contributed by atoms with Gasteiger partial charge in [0.1, 0.15) is 0 Å². The molecule has 0 aromatic carbocycles. The Morgan fingerprint density at radius 3 is 2.43 bits per heavy atom. The Hall–Kier alpha value is -2.51. The van der Waals surface area contributed by atoms with Crippen molar-refractivity contribution in [3.63, 3.8) is 0 Å². The number of carboxylic acid groups (broad SMARTS) is 1. The van der Waals surface area contributed by atoms with Crippen LogP contribution >= 0.6 is 11.8 Å². The number of rotatable bonds is 4. The molecule has 2 N–H and O–H groups in total. The Morgan fingerprint density at radius 2 is 1.90 bits per heavy atom. The zero-order chi connectivity index (χ0) is 22.7. The molecular formula is C16H16F6N4O3S. The van der Waals surface area contributed by atoms with Gasteiger partial charge in [-0.2, -0.15) is 26.3 Å². The maximum absolute atomic E-state index is 13.0. The minimum atomic E-state index is -5.08. The summed E-state index contributed by atoms with van der Waals surface area (Å²) in [6.45, 7) is 2.15. The van der Waals surface area contributed by atoms with Crippen molar-refractivity contribution in [3.8, 4) is 0 Å². The highest BCUT2D eigenvalue weighted by atomic mass is 32.2. The number of aromatic nitrogens is 4. The normalized spacial score (nSPS) is 13.6. The van der Waals surface area contributed by atoms with Gasteiger partial charge >= 0.3 is 18.3 Å². The largest absolute Gasteiger partial charge is 0.490 e. The van der Waals surface area contributed by atoms with E-state index in [0.717, 1.165) is 30.3 Å². The van der Waals surface area contributed by atoms with Gasteiger partial charge in [0, 0.05) is 17.9 Å². The molecule has 0 saturated heterocycles. The van der Waals surface area contributed by atoms with Crippen LogP contribution < -0.4 is 5.56 Å². The van der Waals surface area contributed by atoms with Crippen LogP contribution in [0.25, 0.3) is 0 Å². The molecule has 1 aliphatic rings. The predicted molar refractivity (Wildman–Crippen MR) is 93.0 cm³/mol. The number of H-pyrrole nitrogens is 1. The van der Waals surface area contributed by atoms with Crippen molar-refractivity contribution >= 4 is 17.7 Å². The number of thioether (sulfide) groups is 1. The second-order valence-electron chi connectivity index (χ2n) is 6.07. The lowest BCUT2D eigenvalue weighted by atomic mass is 10.3. The maximum atomic E-state index is 13.0. The Labute approximate surface area is 169 Å². The van der Waals surface area contributed by atoms with E-state index in [0.29, 0.717) is 23.7 Å². The van der Waals surface area contributed by atoms with E-state index in [1.54, 1.807) is 6.92 Å². The third kappa shape index (κ3) is 5.77. The van der Waals surface area contributed by atoms with Crippen LogP contribution in [0.3, 0.4) is 0 Å². The highest BCUT2D eigenvalue weighted by Crippen LogP contribution is 2.33. The minimum absolute atomic E-state index is 0.0460. The van der Waals surface area contributed by atoms with E-state index < -0.39 is 24.0 Å². The Bertz CT molecular complexity index is 967. The molecule has 2 aromatic heterocycles. The first-order valence-corrected chi connectivity index (χ1v) is 9.49. The molecule has 166 valence electrons. The Morgan fingerprint density at radius 1 is 1.27 bits per heavy atom. The quantitative estimate of drug-likeness (QED) is 0.414. The van der Waals surface area contributed by atoms with Crippen molar-refractivity contribution in [2.24, 2.45) is 0 Å². The average Bonchev–Trinajstić information content (AvgIpc) is 3.25. The van der Waals surface area contributed by atoms with E-state index in [4.69, 9.17) is 9.90 Å². The van der Waals surface area contributed by atoms with Gasteiger partial charge in [-0.25, -0.2) is 14.8 Å². The number of aryl methyl sites for hydroxylation is 2. The summed E-state index contributed by atoms with van der Waals surface area (Å²) in [5, 5.41) is 7.48. The van der Waals surface area contributed by atoms with Gasteiger partial charge in [-0.05, 0) is 26.2 Å². The van der Waals surface area contributed by atoms with Gasteiger partial charge in [0.25, 0.3) is 5.56 Å². The number of imidazole rings is 1. The van der Waals surface area contributed by atoms with Crippen molar-refractivity contribution in [3.05, 3.63) is 39.3 Å². The Kier molecular flexibility index (Phi) is 7.21. The fraction of sp³-hybridized carbons (Fsp3) is 0.500. The number of halogens is 6. The van der Waals surface area contributed by atoms with Crippen molar-refractivity contribution in [2.45, 2.75) is 56.0 Å². The van der Waals surface area contributed by atoms with Crippen molar-refractivity contribution in [2.75, 3.05) is 0 Å². The lowest BCUT2D eigenvalue weighted by molar-refractivity contribution is -0.192. The van der Waals surface area contributed by atoms with Crippen LogP contribution in [0.15, 0.2) is 16.3 Å². The highest BCUT2D eigenvalue weighted by molar-refractivity contribution is 7.98. The van der Waals surface area contributed by atoms with Gasteiger partial charge in [-0.3, -0.25) is 4.79 Å². The fourth-order valence-corrected chi connectivity index (χ4v) is 3.61. The Balaban J connectivity index is 0.000000396. The summed E-state index contributed by atoms with van der Waals surface area (Å²) < 4.78 is 72.2. The third-order valence-electron chi connectivity index (χ3n) is 4.06. The van der Waals surface area contributed by atoms with E-state index in [1.807, 2.05) is 0 Å². The van der Waals surface area contributed by atoms with Crippen molar-refractivity contribution in [1.29, 1.82) is 0 Å². The molecule has 14 heteroatoms. The molecule has 30 heavy (non-hydrogen) atoms. The molecule has 2 aromatic rings. The third-order valence-corrected chi connectivity index (χ3v) is 4.95. The van der Waals surface area contributed by atoms with E-state index >= 15 is 0 Å². The maximum Gasteiger partial charge on any atom is 0.490 e. The molecule has 0 spiro atoms. The molecule has 3 rings (SSSR count). The van der Waals surface area contributed by atoms with Crippen molar-refractivity contribution in [1.82, 2.24) is 19.5 Å². The van der Waals surface area contributed by atoms with Gasteiger partial charge in [0.15, 0.2) is 10.9 Å². The summed E-state index contributed by atoms with van der Waals surface area (Å²) in [5.41, 5.74) is 0.485. The van der Waals surface area contributed by atoms with Crippen molar-refractivity contribution < 1.29 is 36.2 Å². The zero-order valence-electron chi connectivity index (χ0n) is 15.4.